The lowest BCUT2D eigenvalue weighted by Crippen LogP contribution is -2.00. The molecule has 0 bridgehead atoms. The average molecular weight is 168 g/mol. The zero-order valence-electron chi connectivity index (χ0n) is 7.58. The van der Waals surface area contributed by atoms with Crippen LogP contribution in [0.4, 0.5) is 0 Å². The van der Waals surface area contributed by atoms with Gasteiger partial charge in [-0.25, -0.2) is 4.79 Å². The molecule has 0 atom stereocenters. The van der Waals surface area contributed by atoms with Crippen LogP contribution < -0.4 is 0 Å². The third kappa shape index (κ3) is 7.06. The monoisotopic (exact) mass is 168 g/mol. The normalized spacial score (nSPS) is 10.1. The van der Waals surface area contributed by atoms with Crippen LogP contribution in [0.25, 0.3) is 0 Å². The van der Waals surface area contributed by atoms with Crippen LogP contribution in [-0.4, -0.2) is 12.6 Å². The molecule has 0 saturated heterocycles. The molecule has 0 amide bonds. The van der Waals surface area contributed by atoms with Crippen LogP contribution in [0.15, 0.2) is 24.8 Å². The molecule has 0 radical (unpaired) electrons. The summed E-state index contributed by atoms with van der Waals surface area (Å²) in [7, 11) is 0. The van der Waals surface area contributed by atoms with Gasteiger partial charge in [-0.15, -0.1) is 0 Å². The first-order chi connectivity index (χ1) is 5.81. The predicted molar refractivity (Wildman–Crippen MR) is 49.8 cm³/mol. The van der Waals surface area contributed by atoms with Gasteiger partial charge >= 0.3 is 5.97 Å². The maximum absolute atomic E-state index is 10.5. The van der Waals surface area contributed by atoms with E-state index in [9.17, 15) is 4.79 Å². The van der Waals surface area contributed by atoms with Crippen molar-refractivity contribution in [3.8, 4) is 0 Å². The molecule has 0 N–H and O–H groups in total. The molecule has 0 aliphatic heterocycles. The molecule has 0 heterocycles. The van der Waals surface area contributed by atoms with Crippen molar-refractivity contribution in [3.63, 3.8) is 0 Å². The predicted octanol–water partition coefficient (Wildman–Crippen LogP) is 2.46. The van der Waals surface area contributed by atoms with E-state index in [0.717, 1.165) is 19.3 Å². The Morgan fingerprint density at radius 1 is 1.50 bits per heavy atom. The molecule has 2 heteroatoms. The van der Waals surface area contributed by atoms with Crippen LogP contribution in [0.5, 0.6) is 0 Å². The molecule has 0 rings (SSSR count). The Morgan fingerprint density at radius 3 is 2.83 bits per heavy atom. The summed E-state index contributed by atoms with van der Waals surface area (Å²) in [6.07, 6.45) is 8.31. The van der Waals surface area contributed by atoms with Gasteiger partial charge in [-0.05, 0) is 19.3 Å². The van der Waals surface area contributed by atoms with Gasteiger partial charge in [-0.2, -0.15) is 0 Å². The summed E-state index contributed by atoms with van der Waals surface area (Å²) in [5.41, 5.74) is 0. The molecular weight excluding hydrogens is 152 g/mol. The van der Waals surface area contributed by atoms with Gasteiger partial charge < -0.3 is 4.74 Å². The Morgan fingerprint density at radius 2 is 2.25 bits per heavy atom. The minimum absolute atomic E-state index is 0.338. The molecule has 68 valence electrons. The maximum Gasteiger partial charge on any atom is 0.330 e. The molecule has 2 nitrogen and oxygen atoms in total. The number of hydrogen-bond acceptors (Lipinski definition) is 2. The summed E-state index contributed by atoms with van der Waals surface area (Å²) in [5.74, 6) is -0.338. The Balaban J connectivity index is 3.16. The Kier molecular flexibility index (Phi) is 7.35. The van der Waals surface area contributed by atoms with Gasteiger partial charge in [0, 0.05) is 6.08 Å². The van der Waals surface area contributed by atoms with E-state index in [1.165, 1.54) is 6.08 Å². The number of esters is 1. The fraction of sp³-hybridized carbons (Fsp3) is 0.500. The fourth-order valence-electron chi connectivity index (χ4n) is 0.717. The molecule has 0 unspecified atom stereocenters. The summed E-state index contributed by atoms with van der Waals surface area (Å²) < 4.78 is 4.78. The van der Waals surface area contributed by atoms with E-state index in [1.807, 2.05) is 0 Å². The summed E-state index contributed by atoms with van der Waals surface area (Å²) in [6.45, 7) is 5.88. The second-order valence-electron chi connectivity index (χ2n) is 2.39. The van der Waals surface area contributed by atoms with Gasteiger partial charge in [0.1, 0.15) is 0 Å². The number of carbonyl (C=O) groups is 1. The van der Waals surface area contributed by atoms with E-state index in [1.54, 1.807) is 0 Å². The Hall–Kier alpha value is -1.05. The molecule has 12 heavy (non-hydrogen) atoms. The molecule has 0 aromatic carbocycles. The van der Waals surface area contributed by atoms with E-state index in [2.05, 4.69) is 25.7 Å². The van der Waals surface area contributed by atoms with Crippen molar-refractivity contribution in [3.05, 3.63) is 24.8 Å². The zero-order chi connectivity index (χ0) is 9.23. The average Bonchev–Trinajstić information content (AvgIpc) is 2.10. The number of ether oxygens (including phenoxy) is 1. The first-order valence-corrected chi connectivity index (χ1v) is 4.25. The number of allylic oxidation sites excluding steroid dienone is 2. The molecule has 0 saturated carbocycles. The highest BCUT2D eigenvalue weighted by Gasteiger charge is 1.92. The lowest BCUT2D eigenvalue weighted by molar-refractivity contribution is -0.137. The van der Waals surface area contributed by atoms with Crippen molar-refractivity contribution < 1.29 is 9.53 Å². The molecule has 0 aromatic rings. The lowest BCUT2D eigenvalue weighted by atomic mass is 10.3. The third-order valence-electron chi connectivity index (χ3n) is 1.33. The molecule has 0 aliphatic rings. The summed E-state index contributed by atoms with van der Waals surface area (Å²) in [5, 5.41) is 0. The van der Waals surface area contributed by atoms with Crippen LogP contribution in [0, 0.1) is 0 Å². The van der Waals surface area contributed by atoms with Crippen molar-refractivity contribution in [2.45, 2.75) is 26.2 Å². The standard InChI is InChI=1S/C10H16O2/c1-3-5-6-7-8-9-12-10(11)4-2/h4-6H,2-3,7-9H2,1H3/b6-5-. The molecule has 0 aromatic heterocycles. The summed E-state index contributed by atoms with van der Waals surface area (Å²) in [4.78, 5) is 10.5. The Labute approximate surface area is 73.9 Å². The SMILES string of the molecule is C=CC(=O)OCCC/C=C\CC. The van der Waals surface area contributed by atoms with E-state index in [0.29, 0.717) is 6.61 Å². The van der Waals surface area contributed by atoms with Crippen LogP contribution in [0.2, 0.25) is 0 Å². The smallest absolute Gasteiger partial charge is 0.330 e. The van der Waals surface area contributed by atoms with Gasteiger partial charge in [-0.1, -0.05) is 25.7 Å². The zero-order valence-corrected chi connectivity index (χ0v) is 7.58. The van der Waals surface area contributed by atoms with Gasteiger partial charge in [0.2, 0.25) is 0 Å². The Bertz CT molecular complexity index is 159. The number of unbranched alkanes of at least 4 members (excludes halogenated alkanes) is 1. The highest BCUT2D eigenvalue weighted by molar-refractivity contribution is 5.81. The number of rotatable bonds is 6. The maximum atomic E-state index is 10.5. The molecule has 0 aliphatic carbocycles. The topological polar surface area (TPSA) is 26.3 Å². The van der Waals surface area contributed by atoms with Gasteiger partial charge in [0.05, 0.1) is 6.61 Å². The quantitative estimate of drug-likeness (QED) is 0.263. The minimum Gasteiger partial charge on any atom is -0.463 e. The first kappa shape index (κ1) is 11.0. The third-order valence-corrected chi connectivity index (χ3v) is 1.33. The highest BCUT2D eigenvalue weighted by atomic mass is 16.5. The van der Waals surface area contributed by atoms with Gasteiger partial charge in [0.15, 0.2) is 0 Å². The van der Waals surface area contributed by atoms with E-state index in [-0.39, 0.29) is 5.97 Å². The fourth-order valence-corrected chi connectivity index (χ4v) is 0.717. The van der Waals surface area contributed by atoms with Crippen molar-refractivity contribution in [1.29, 1.82) is 0 Å². The lowest BCUT2D eigenvalue weighted by Gasteiger charge is -1.98. The van der Waals surface area contributed by atoms with E-state index in [4.69, 9.17) is 4.74 Å². The second kappa shape index (κ2) is 8.05. The van der Waals surface area contributed by atoms with Crippen molar-refractivity contribution in [1.82, 2.24) is 0 Å². The van der Waals surface area contributed by atoms with E-state index >= 15 is 0 Å². The van der Waals surface area contributed by atoms with Crippen molar-refractivity contribution in [2.75, 3.05) is 6.61 Å². The van der Waals surface area contributed by atoms with Crippen LogP contribution in [0.3, 0.4) is 0 Å². The van der Waals surface area contributed by atoms with E-state index < -0.39 is 0 Å². The highest BCUT2D eigenvalue weighted by Crippen LogP contribution is 1.93. The van der Waals surface area contributed by atoms with Crippen molar-refractivity contribution >= 4 is 5.97 Å². The van der Waals surface area contributed by atoms with Gasteiger partial charge in [-0.3, -0.25) is 0 Å². The second-order valence-corrected chi connectivity index (χ2v) is 2.39. The summed E-state index contributed by atoms with van der Waals surface area (Å²) >= 11 is 0. The number of carbonyl (C=O) groups excluding carboxylic acids is 1. The largest absolute Gasteiger partial charge is 0.463 e. The summed E-state index contributed by atoms with van der Waals surface area (Å²) in [6, 6.07) is 0. The molecule has 0 spiro atoms. The molecular formula is C10H16O2. The van der Waals surface area contributed by atoms with Crippen LogP contribution in [-0.2, 0) is 9.53 Å². The number of hydrogen-bond donors (Lipinski definition) is 0. The van der Waals surface area contributed by atoms with Gasteiger partial charge in [0.25, 0.3) is 0 Å². The minimum atomic E-state index is -0.338. The molecule has 0 fully saturated rings. The van der Waals surface area contributed by atoms with Crippen LogP contribution >= 0.6 is 0 Å². The van der Waals surface area contributed by atoms with Crippen LogP contribution in [0.1, 0.15) is 26.2 Å². The van der Waals surface area contributed by atoms with Crippen molar-refractivity contribution in [2.24, 2.45) is 0 Å². The first-order valence-electron chi connectivity index (χ1n) is 4.25.